The van der Waals surface area contributed by atoms with Crippen LogP contribution in [0.2, 0.25) is 0 Å². The van der Waals surface area contributed by atoms with Crippen LogP contribution in [0, 0.1) is 13.8 Å². The highest BCUT2D eigenvalue weighted by Gasteiger charge is 2.18. The maximum Gasteiger partial charge on any atom is 0.253 e. The Bertz CT molecular complexity index is 481. The van der Waals surface area contributed by atoms with Gasteiger partial charge in [-0.05, 0) is 19.9 Å². The van der Waals surface area contributed by atoms with Crippen molar-refractivity contribution in [2.24, 2.45) is 7.05 Å². The third-order valence-corrected chi connectivity index (χ3v) is 3.04. The minimum absolute atomic E-state index is 1.04. The SMILES string of the molecule is CC[n+]1c(C)n(C)c2cccc(C)c21. The fourth-order valence-electron chi connectivity index (χ4n) is 2.17. The van der Waals surface area contributed by atoms with Crippen molar-refractivity contribution in [3.8, 4) is 0 Å². The number of imidazole rings is 1. The molecule has 0 unspecified atom stereocenters. The summed E-state index contributed by atoms with van der Waals surface area (Å²) in [6.07, 6.45) is 0. The van der Waals surface area contributed by atoms with Gasteiger partial charge in [0.15, 0.2) is 11.0 Å². The highest BCUT2D eigenvalue weighted by molar-refractivity contribution is 5.75. The van der Waals surface area contributed by atoms with E-state index in [1.807, 2.05) is 0 Å². The van der Waals surface area contributed by atoms with Crippen LogP contribution in [0.1, 0.15) is 18.3 Å². The number of benzene rings is 1. The normalized spacial score (nSPS) is 11.1. The van der Waals surface area contributed by atoms with Gasteiger partial charge in [-0.3, -0.25) is 0 Å². The molecule has 0 radical (unpaired) electrons. The minimum Gasteiger partial charge on any atom is -0.230 e. The number of para-hydroxylation sites is 1. The fourth-order valence-corrected chi connectivity index (χ4v) is 2.17. The predicted octanol–water partition coefficient (Wildman–Crippen LogP) is 2.10. The second-order valence-electron chi connectivity index (χ2n) is 3.79. The predicted molar refractivity (Wildman–Crippen MR) is 58.3 cm³/mol. The molecule has 0 saturated carbocycles. The van der Waals surface area contributed by atoms with Gasteiger partial charge in [-0.25, -0.2) is 9.13 Å². The largest absolute Gasteiger partial charge is 0.253 e. The number of aromatic nitrogens is 2. The maximum absolute atomic E-state index is 2.37. The molecule has 0 aliphatic heterocycles. The van der Waals surface area contributed by atoms with Crippen LogP contribution in [0.5, 0.6) is 0 Å². The molecule has 0 saturated heterocycles. The summed E-state index contributed by atoms with van der Waals surface area (Å²) in [4.78, 5) is 0. The average molecular weight is 189 g/mol. The zero-order valence-corrected chi connectivity index (χ0v) is 9.33. The Kier molecular flexibility index (Phi) is 2.06. The number of hydrogen-bond donors (Lipinski definition) is 0. The first-order valence-electron chi connectivity index (χ1n) is 5.11. The highest BCUT2D eigenvalue weighted by atomic mass is 15.1. The zero-order chi connectivity index (χ0) is 10.3. The summed E-state index contributed by atoms with van der Waals surface area (Å²) in [6.45, 7) is 7.57. The lowest BCUT2D eigenvalue weighted by atomic mass is 10.2. The first-order valence-corrected chi connectivity index (χ1v) is 5.11. The molecule has 0 aliphatic rings. The van der Waals surface area contributed by atoms with E-state index in [0.717, 1.165) is 6.54 Å². The molecule has 0 amide bonds. The highest BCUT2D eigenvalue weighted by Crippen LogP contribution is 2.16. The topological polar surface area (TPSA) is 8.81 Å². The van der Waals surface area contributed by atoms with E-state index in [4.69, 9.17) is 0 Å². The van der Waals surface area contributed by atoms with Gasteiger partial charge in [-0.2, -0.15) is 0 Å². The van der Waals surface area contributed by atoms with Gasteiger partial charge in [0.1, 0.15) is 0 Å². The molecule has 2 aromatic rings. The van der Waals surface area contributed by atoms with Crippen LogP contribution in [-0.2, 0) is 13.6 Å². The van der Waals surface area contributed by atoms with Crippen LogP contribution in [0.15, 0.2) is 18.2 Å². The molecule has 2 rings (SSSR count). The van der Waals surface area contributed by atoms with Crippen molar-refractivity contribution in [1.82, 2.24) is 4.57 Å². The summed E-state index contributed by atoms with van der Waals surface area (Å²) in [5.41, 5.74) is 4.05. The Morgan fingerprint density at radius 1 is 1.29 bits per heavy atom. The van der Waals surface area contributed by atoms with Crippen molar-refractivity contribution in [3.63, 3.8) is 0 Å². The maximum atomic E-state index is 2.37. The quantitative estimate of drug-likeness (QED) is 0.607. The molecule has 0 aliphatic carbocycles. The van der Waals surface area contributed by atoms with Crippen molar-refractivity contribution in [1.29, 1.82) is 0 Å². The summed E-state index contributed by atoms with van der Waals surface area (Å²) in [7, 11) is 2.13. The fraction of sp³-hybridized carbons (Fsp3) is 0.417. The lowest BCUT2D eigenvalue weighted by Gasteiger charge is -1.96. The van der Waals surface area contributed by atoms with Gasteiger partial charge in [-0.15, -0.1) is 0 Å². The Morgan fingerprint density at radius 3 is 2.64 bits per heavy atom. The Morgan fingerprint density at radius 2 is 2.00 bits per heavy atom. The molecule has 0 spiro atoms. The van der Waals surface area contributed by atoms with Gasteiger partial charge >= 0.3 is 0 Å². The third kappa shape index (κ3) is 1.07. The van der Waals surface area contributed by atoms with Crippen LogP contribution in [0.4, 0.5) is 0 Å². The second-order valence-corrected chi connectivity index (χ2v) is 3.79. The van der Waals surface area contributed by atoms with E-state index in [-0.39, 0.29) is 0 Å². The lowest BCUT2D eigenvalue weighted by Crippen LogP contribution is -2.35. The van der Waals surface area contributed by atoms with Crippen molar-refractivity contribution in [2.75, 3.05) is 0 Å². The Balaban J connectivity index is 2.96. The first kappa shape index (κ1) is 9.25. The lowest BCUT2D eigenvalue weighted by molar-refractivity contribution is -0.675. The standard InChI is InChI=1S/C12H17N2/c1-5-14-10(3)13(4)11-8-6-7-9(2)12(11)14/h6-8H,5H2,1-4H3/q+1. The minimum atomic E-state index is 1.04. The Labute approximate surface area is 84.8 Å². The van der Waals surface area contributed by atoms with Crippen LogP contribution in [0.25, 0.3) is 11.0 Å². The first-order chi connectivity index (χ1) is 6.66. The number of fused-ring (bicyclic) bond motifs is 1. The summed E-state index contributed by atoms with van der Waals surface area (Å²) < 4.78 is 4.62. The molecular weight excluding hydrogens is 172 g/mol. The summed E-state index contributed by atoms with van der Waals surface area (Å²) in [5.74, 6) is 1.32. The molecule has 0 N–H and O–H groups in total. The van der Waals surface area contributed by atoms with Crippen LogP contribution in [0.3, 0.4) is 0 Å². The monoisotopic (exact) mass is 189 g/mol. The molecule has 1 aromatic carbocycles. The van der Waals surface area contributed by atoms with E-state index in [2.05, 4.69) is 55.2 Å². The van der Waals surface area contributed by atoms with Crippen molar-refractivity contribution < 1.29 is 4.57 Å². The van der Waals surface area contributed by atoms with Crippen molar-refractivity contribution in [2.45, 2.75) is 27.3 Å². The van der Waals surface area contributed by atoms with Crippen molar-refractivity contribution >= 4 is 11.0 Å². The molecular formula is C12H17N2+. The van der Waals surface area contributed by atoms with Crippen LogP contribution >= 0.6 is 0 Å². The molecule has 2 heteroatoms. The summed E-state index contributed by atoms with van der Waals surface area (Å²) >= 11 is 0. The molecule has 2 nitrogen and oxygen atoms in total. The van der Waals surface area contributed by atoms with Gasteiger partial charge in [0.05, 0.1) is 13.6 Å². The summed E-state index contributed by atoms with van der Waals surface area (Å²) in [5, 5.41) is 0. The van der Waals surface area contributed by atoms with E-state index in [0.29, 0.717) is 0 Å². The van der Waals surface area contributed by atoms with Crippen LogP contribution < -0.4 is 4.57 Å². The van der Waals surface area contributed by atoms with Crippen LogP contribution in [-0.4, -0.2) is 4.57 Å². The zero-order valence-electron chi connectivity index (χ0n) is 9.33. The smallest absolute Gasteiger partial charge is 0.230 e. The molecule has 14 heavy (non-hydrogen) atoms. The number of aryl methyl sites for hydroxylation is 3. The van der Waals surface area contributed by atoms with E-state index >= 15 is 0 Å². The Hall–Kier alpha value is -1.31. The second kappa shape index (κ2) is 3.12. The van der Waals surface area contributed by atoms with E-state index < -0.39 is 0 Å². The molecule has 1 aromatic heterocycles. The number of hydrogen-bond acceptors (Lipinski definition) is 0. The molecule has 74 valence electrons. The van der Waals surface area contributed by atoms with Gasteiger partial charge in [0, 0.05) is 12.5 Å². The van der Waals surface area contributed by atoms with E-state index in [9.17, 15) is 0 Å². The van der Waals surface area contributed by atoms with Gasteiger partial charge in [0.25, 0.3) is 5.82 Å². The van der Waals surface area contributed by atoms with E-state index in [1.165, 1.54) is 22.4 Å². The van der Waals surface area contributed by atoms with Gasteiger partial charge < -0.3 is 0 Å². The third-order valence-electron chi connectivity index (χ3n) is 3.04. The van der Waals surface area contributed by atoms with E-state index in [1.54, 1.807) is 0 Å². The summed E-state index contributed by atoms with van der Waals surface area (Å²) in [6, 6.07) is 6.48. The molecule has 0 fully saturated rings. The number of rotatable bonds is 1. The number of nitrogens with zero attached hydrogens (tertiary/aromatic N) is 2. The molecule has 1 heterocycles. The van der Waals surface area contributed by atoms with Gasteiger partial charge in [0.2, 0.25) is 0 Å². The van der Waals surface area contributed by atoms with Gasteiger partial charge in [-0.1, -0.05) is 12.1 Å². The molecule has 0 bridgehead atoms. The van der Waals surface area contributed by atoms with Crippen molar-refractivity contribution in [3.05, 3.63) is 29.6 Å². The molecule has 0 atom stereocenters. The average Bonchev–Trinajstić information content (AvgIpc) is 2.43.